The van der Waals surface area contributed by atoms with E-state index in [1.54, 1.807) is 13.2 Å². The summed E-state index contributed by atoms with van der Waals surface area (Å²) in [5.41, 5.74) is 2.21. The molecule has 1 fully saturated rings. The zero-order valence-electron chi connectivity index (χ0n) is 16.0. The minimum atomic E-state index is -0.0719. The molecule has 2 heterocycles. The fourth-order valence-corrected chi connectivity index (χ4v) is 3.29. The lowest BCUT2D eigenvalue weighted by molar-refractivity contribution is -0.149. The van der Waals surface area contributed by atoms with E-state index in [9.17, 15) is 4.79 Å². The highest BCUT2D eigenvalue weighted by Gasteiger charge is 2.27. The third-order valence-electron chi connectivity index (χ3n) is 4.78. The smallest absolute Gasteiger partial charge is 0.309 e. The third-order valence-corrected chi connectivity index (χ3v) is 4.78. The molecular formula is C20H27N5O2. The second-order valence-corrected chi connectivity index (χ2v) is 6.53. The number of piperidine rings is 1. The van der Waals surface area contributed by atoms with Gasteiger partial charge >= 0.3 is 5.97 Å². The molecule has 1 aromatic carbocycles. The second kappa shape index (κ2) is 9.21. The van der Waals surface area contributed by atoms with Crippen LogP contribution in [0, 0.1) is 5.92 Å². The average Bonchev–Trinajstić information content (AvgIpc) is 3.24. The van der Waals surface area contributed by atoms with Gasteiger partial charge in [0.25, 0.3) is 0 Å². The maximum absolute atomic E-state index is 11.9. The first-order chi connectivity index (χ1) is 13.2. The minimum absolute atomic E-state index is 0.00847. The summed E-state index contributed by atoms with van der Waals surface area (Å²) in [5.74, 6) is 0.806. The number of aromatic nitrogens is 2. The number of nitrogens with one attached hydrogen (secondary N) is 1. The molecule has 0 unspecified atom stereocenters. The molecule has 7 nitrogen and oxygen atoms in total. The molecule has 144 valence electrons. The Bertz CT molecular complexity index is 747. The van der Waals surface area contributed by atoms with Crippen molar-refractivity contribution >= 4 is 11.9 Å². The summed E-state index contributed by atoms with van der Waals surface area (Å²) < 4.78 is 6.97. The van der Waals surface area contributed by atoms with E-state index in [4.69, 9.17) is 4.74 Å². The van der Waals surface area contributed by atoms with E-state index in [2.05, 4.69) is 44.6 Å². The lowest BCUT2D eigenvalue weighted by Crippen LogP contribution is -2.46. The van der Waals surface area contributed by atoms with E-state index in [0.717, 1.165) is 37.6 Å². The van der Waals surface area contributed by atoms with Crippen LogP contribution < -0.4 is 5.32 Å². The van der Waals surface area contributed by atoms with Gasteiger partial charge in [-0.15, -0.1) is 0 Å². The Morgan fingerprint density at radius 1 is 1.30 bits per heavy atom. The third kappa shape index (κ3) is 4.87. The van der Waals surface area contributed by atoms with Crippen molar-refractivity contribution in [1.29, 1.82) is 0 Å². The van der Waals surface area contributed by atoms with Crippen LogP contribution in [0.3, 0.4) is 0 Å². The zero-order valence-corrected chi connectivity index (χ0v) is 16.0. The Hall–Kier alpha value is -2.83. The first-order valence-electron chi connectivity index (χ1n) is 9.42. The van der Waals surface area contributed by atoms with Crippen molar-refractivity contribution in [3.05, 3.63) is 48.3 Å². The molecule has 0 atom stereocenters. The van der Waals surface area contributed by atoms with E-state index < -0.39 is 0 Å². The van der Waals surface area contributed by atoms with E-state index in [1.165, 1.54) is 5.56 Å². The molecule has 7 heteroatoms. The summed E-state index contributed by atoms with van der Waals surface area (Å²) in [4.78, 5) is 18.5. The first kappa shape index (κ1) is 18.9. The van der Waals surface area contributed by atoms with Crippen molar-refractivity contribution in [2.45, 2.75) is 26.3 Å². The number of likely N-dealkylation sites (tertiary alicyclic amines) is 1. The maximum atomic E-state index is 11.9. The summed E-state index contributed by atoms with van der Waals surface area (Å²) in [5, 5.41) is 7.65. The largest absolute Gasteiger partial charge is 0.466 e. The molecule has 1 N–H and O–H groups in total. The number of carbonyl (C=O) groups excluding carboxylic acids is 1. The van der Waals surface area contributed by atoms with Crippen molar-refractivity contribution < 1.29 is 9.53 Å². The SMILES string of the molecule is CCOC(=O)C1CCN(C(=NC)NCc2ccc(-n3cccn3)cc2)CC1. The Kier molecular flexibility index (Phi) is 6.46. The van der Waals surface area contributed by atoms with Crippen LogP contribution in [-0.2, 0) is 16.1 Å². The number of ether oxygens (including phenoxy) is 1. The van der Waals surface area contributed by atoms with Gasteiger partial charge in [0, 0.05) is 39.1 Å². The Morgan fingerprint density at radius 2 is 2.04 bits per heavy atom. The number of guanidine groups is 1. The van der Waals surface area contributed by atoms with Crippen LogP contribution in [0.4, 0.5) is 0 Å². The average molecular weight is 369 g/mol. The summed E-state index contributed by atoms with van der Waals surface area (Å²) in [7, 11) is 1.79. The van der Waals surface area contributed by atoms with Crippen LogP contribution in [-0.4, -0.2) is 53.4 Å². The molecule has 1 aliphatic heterocycles. The van der Waals surface area contributed by atoms with Crippen LogP contribution in [0.2, 0.25) is 0 Å². The van der Waals surface area contributed by atoms with Gasteiger partial charge < -0.3 is 15.0 Å². The molecule has 1 aromatic heterocycles. The molecule has 0 aliphatic carbocycles. The molecule has 0 spiro atoms. The van der Waals surface area contributed by atoms with E-state index in [-0.39, 0.29) is 11.9 Å². The molecule has 27 heavy (non-hydrogen) atoms. The molecule has 0 radical (unpaired) electrons. The number of hydrogen-bond donors (Lipinski definition) is 1. The van der Waals surface area contributed by atoms with Crippen molar-refractivity contribution in [2.24, 2.45) is 10.9 Å². The first-order valence-corrected chi connectivity index (χ1v) is 9.42. The number of rotatable bonds is 5. The molecule has 0 bridgehead atoms. The molecule has 1 saturated heterocycles. The van der Waals surface area contributed by atoms with Gasteiger partial charge in [-0.2, -0.15) is 5.10 Å². The lowest BCUT2D eigenvalue weighted by Gasteiger charge is -2.33. The van der Waals surface area contributed by atoms with Crippen LogP contribution in [0.25, 0.3) is 5.69 Å². The van der Waals surface area contributed by atoms with Gasteiger partial charge in [0.15, 0.2) is 5.96 Å². The predicted molar refractivity (Wildman–Crippen MR) is 105 cm³/mol. The molecule has 0 amide bonds. The number of nitrogens with zero attached hydrogens (tertiary/aromatic N) is 4. The number of esters is 1. The second-order valence-electron chi connectivity index (χ2n) is 6.53. The van der Waals surface area contributed by atoms with Gasteiger partial charge in [-0.3, -0.25) is 9.79 Å². The van der Waals surface area contributed by atoms with Crippen LogP contribution >= 0.6 is 0 Å². The number of hydrogen-bond acceptors (Lipinski definition) is 4. The van der Waals surface area contributed by atoms with Gasteiger partial charge in [-0.25, -0.2) is 4.68 Å². The van der Waals surface area contributed by atoms with Crippen molar-refractivity contribution in [1.82, 2.24) is 20.0 Å². The zero-order chi connectivity index (χ0) is 19.1. The summed E-state index contributed by atoms with van der Waals surface area (Å²) >= 11 is 0. The topological polar surface area (TPSA) is 71.8 Å². The van der Waals surface area contributed by atoms with Gasteiger partial charge in [-0.05, 0) is 43.5 Å². The molecule has 3 rings (SSSR count). The van der Waals surface area contributed by atoms with Crippen LogP contribution in [0.1, 0.15) is 25.3 Å². The molecule has 2 aromatic rings. The fourth-order valence-electron chi connectivity index (χ4n) is 3.29. The molecular weight excluding hydrogens is 342 g/mol. The molecule has 0 saturated carbocycles. The van der Waals surface area contributed by atoms with Gasteiger partial charge in [0.05, 0.1) is 18.2 Å². The van der Waals surface area contributed by atoms with Crippen molar-refractivity contribution in [3.8, 4) is 5.69 Å². The number of aliphatic imine (C=N–C) groups is 1. The quantitative estimate of drug-likeness (QED) is 0.497. The Morgan fingerprint density at radius 3 is 2.63 bits per heavy atom. The van der Waals surface area contributed by atoms with Crippen molar-refractivity contribution in [2.75, 3.05) is 26.7 Å². The minimum Gasteiger partial charge on any atom is -0.466 e. The van der Waals surface area contributed by atoms with Crippen LogP contribution in [0.15, 0.2) is 47.7 Å². The summed E-state index contributed by atoms with van der Waals surface area (Å²) in [6, 6.07) is 10.2. The predicted octanol–water partition coefficient (Wildman–Crippen LogP) is 2.22. The summed E-state index contributed by atoms with van der Waals surface area (Å²) in [6.45, 7) is 4.61. The highest BCUT2D eigenvalue weighted by Crippen LogP contribution is 2.19. The van der Waals surface area contributed by atoms with Gasteiger partial charge in [0.1, 0.15) is 0 Å². The number of carbonyl (C=O) groups is 1. The van der Waals surface area contributed by atoms with Gasteiger partial charge in [-0.1, -0.05) is 12.1 Å². The molecule has 1 aliphatic rings. The van der Waals surface area contributed by atoms with Crippen LogP contribution in [0.5, 0.6) is 0 Å². The highest BCUT2D eigenvalue weighted by molar-refractivity contribution is 5.80. The Balaban J connectivity index is 1.50. The lowest BCUT2D eigenvalue weighted by atomic mass is 9.97. The summed E-state index contributed by atoms with van der Waals surface area (Å²) in [6.07, 6.45) is 5.30. The monoisotopic (exact) mass is 369 g/mol. The van der Waals surface area contributed by atoms with Crippen molar-refractivity contribution in [3.63, 3.8) is 0 Å². The maximum Gasteiger partial charge on any atom is 0.309 e. The standard InChI is InChI=1S/C20H27N5O2/c1-3-27-19(26)17-9-13-24(14-10-17)20(21-2)22-15-16-5-7-18(8-6-16)25-12-4-11-23-25/h4-8,11-12,17H,3,9-10,13-15H2,1-2H3,(H,21,22). The van der Waals surface area contributed by atoms with E-state index in [1.807, 2.05) is 23.9 Å². The highest BCUT2D eigenvalue weighted by atomic mass is 16.5. The van der Waals surface area contributed by atoms with E-state index >= 15 is 0 Å². The normalized spacial score (nSPS) is 15.6. The fraction of sp³-hybridized carbons (Fsp3) is 0.450. The van der Waals surface area contributed by atoms with E-state index in [0.29, 0.717) is 13.2 Å². The number of benzene rings is 1. The van der Waals surface area contributed by atoms with Gasteiger partial charge in [0.2, 0.25) is 0 Å². The Labute approximate surface area is 160 Å².